The minimum Gasteiger partial charge on any atom is 0 e. The molecule has 0 amide bonds. The maximum absolute atomic E-state index is 0. The van der Waals surface area contributed by atoms with Crippen molar-refractivity contribution < 1.29 is 59.5 Å². The van der Waals surface area contributed by atoms with E-state index in [4.69, 9.17) is 0 Å². The Hall–Kier alpha value is 2.13. The second-order valence-corrected chi connectivity index (χ2v) is 0. The molecule has 0 bridgehead atoms. The Kier molecular flexibility index (Phi) is 172. The molecule has 4 radical (unpaired) electrons. The van der Waals surface area contributed by atoms with Crippen molar-refractivity contribution in [2.45, 2.75) is 0 Å². The Labute approximate surface area is 69.8 Å². The summed E-state index contributed by atoms with van der Waals surface area (Å²) in [7, 11) is 0. The predicted molar refractivity (Wildman–Crippen MR) is 5.75 cm³/mol. The molecule has 0 heterocycles. The summed E-state index contributed by atoms with van der Waals surface area (Å²) < 4.78 is 0. The summed E-state index contributed by atoms with van der Waals surface area (Å²) in [6.45, 7) is 0. The summed E-state index contributed by atoms with van der Waals surface area (Å²) in [5.41, 5.74) is 0. The van der Waals surface area contributed by atoms with Gasteiger partial charge in [0.2, 0.25) is 0 Å². The number of hydrogen-bond acceptors (Lipinski definition) is 0. The minimum atomic E-state index is 0. The van der Waals surface area contributed by atoms with Crippen LogP contribution in [0.4, 0.5) is 0 Å². The van der Waals surface area contributed by atoms with E-state index in [1.807, 2.05) is 0 Å². The van der Waals surface area contributed by atoms with Gasteiger partial charge in [-0.25, -0.2) is 0 Å². The molecule has 4 heteroatoms. The van der Waals surface area contributed by atoms with Crippen LogP contribution in [0, 0.1) is 0 Å². The third-order valence-electron chi connectivity index (χ3n) is 0. The molecule has 0 aliphatic heterocycles. The Morgan fingerprint density at radius 3 is 1.00 bits per heavy atom. The van der Waals surface area contributed by atoms with E-state index in [0.29, 0.717) is 0 Å². The van der Waals surface area contributed by atoms with Crippen molar-refractivity contribution in [3.8, 4) is 0 Å². The molecule has 22 valence electrons. The summed E-state index contributed by atoms with van der Waals surface area (Å²) >= 11 is 0. The van der Waals surface area contributed by atoms with Crippen molar-refractivity contribution in [2.24, 2.45) is 0 Å². The van der Waals surface area contributed by atoms with Crippen molar-refractivity contribution >= 4 is 11.0 Å². The van der Waals surface area contributed by atoms with Crippen LogP contribution in [0.3, 0.4) is 0 Å². The first-order valence-electron chi connectivity index (χ1n) is 0. The van der Waals surface area contributed by atoms with E-state index in [1.165, 1.54) is 0 Å². The fraction of sp³-hybridized carbons (Fsp3) is 0. The van der Waals surface area contributed by atoms with Gasteiger partial charge in [-0.1, -0.05) is 0 Å². The smallest absolute Gasteiger partial charge is 0 e. The zero-order chi connectivity index (χ0) is 0. The second kappa shape index (κ2) is 19.3. The largest absolute Gasteiger partial charge is 0 e. The van der Waals surface area contributed by atoms with Gasteiger partial charge in [-0.05, 0) is 0 Å². The van der Waals surface area contributed by atoms with Crippen LogP contribution in [0.25, 0.3) is 0 Å². The average Bonchev–Trinajstić information content (AvgIpc) is 0. The van der Waals surface area contributed by atoms with Gasteiger partial charge in [-0.2, -0.15) is 0 Å². The molecule has 0 saturated carbocycles. The van der Waals surface area contributed by atoms with E-state index in [1.54, 1.807) is 0 Å². The zero-order valence-electron chi connectivity index (χ0n) is 1.72. The minimum absolute atomic E-state index is 0. The van der Waals surface area contributed by atoms with Crippen LogP contribution in [-0.2, 0) is 59.5 Å². The SMILES string of the molecule is [Cr].[Mo].[Si].[W]. The maximum atomic E-state index is 0. The molecule has 0 aromatic heterocycles. The molecule has 0 fully saturated rings. The van der Waals surface area contributed by atoms with Gasteiger partial charge in [0.15, 0.2) is 0 Å². The van der Waals surface area contributed by atoms with Crippen LogP contribution in [0.15, 0.2) is 0 Å². The van der Waals surface area contributed by atoms with Gasteiger partial charge in [0.25, 0.3) is 0 Å². The molecular weight excluding hydrogens is 360 g/mol. The molecule has 0 unspecified atom stereocenters. The zero-order valence-corrected chi connectivity index (χ0v) is 8.94. The summed E-state index contributed by atoms with van der Waals surface area (Å²) in [6.07, 6.45) is 0. The molecule has 0 atom stereocenters. The second-order valence-electron chi connectivity index (χ2n) is 0. The van der Waals surface area contributed by atoms with E-state index in [-0.39, 0.29) is 70.5 Å². The molecule has 0 aliphatic carbocycles. The molecule has 0 aliphatic rings. The summed E-state index contributed by atoms with van der Waals surface area (Å²) in [5.74, 6) is 0. The van der Waals surface area contributed by atoms with Gasteiger partial charge in [0.1, 0.15) is 0 Å². The van der Waals surface area contributed by atoms with Crippen LogP contribution in [0.5, 0.6) is 0 Å². The monoisotopic (exact) mass is 362 g/mol. The molecule has 0 N–H and O–H groups in total. The van der Waals surface area contributed by atoms with Crippen molar-refractivity contribution in [3.63, 3.8) is 0 Å². The summed E-state index contributed by atoms with van der Waals surface area (Å²) in [6, 6.07) is 0. The molecule has 0 rings (SSSR count). The van der Waals surface area contributed by atoms with E-state index in [0.717, 1.165) is 0 Å². The maximum Gasteiger partial charge on any atom is 0 e. The Morgan fingerprint density at radius 1 is 1.00 bits per heavy atom. The Balaban J connectivity index is 0. The molecule has 0 aromatic carbocycles. The molecular formula is CrMoSiW. The first-order valence-corrected chi connectivity index (χ1v) is 0. The fourth-order valence-electron chi connectivity index (χ4n) is 0. The third-order valence-corrected chi connectivity index (χ3v) is 0. The first kappa shape index (κ1) is 35.6. The normalized spacial score (nSPS) is 0. The van der Waals surface area contributed by atoms with Crippen molar-refractivity contribution in [1.29, 1.82) is 0 Å². The van der Waals surface area contributed by atoms with E-state index >= 15 is 0 Å². The first-order chi connectivity index (χ1) is 0. The molecule has 0 nitrogen and oxygen atoms in total. The number of hydrogen-bond donors (Lipinski definition) is 0. The van der Waals surface area contributed by atoms with Crippen LogP contribution in [0.2, 0.25) is 0 Å². The van der Waals surface area contributed by atoms with Crippen LogP contribution in [0.1, 0.15) is 0 Å². The van der Waals surface area contributed by atoms with E-state index in [9.17, 15) is 0 Å². The van der Waals surface area contributed by atoms with E-state index < -0.39 is 0 Å². The Morgan fingerprint density at radius 2 is 1.00 bits per heavy atom. The number of rotatable bonds is 0. The van der Waals surface area contributed by atoms with Crippen molar-refractivity contribution in [3.05, 3.63) is 0 Å². The van der Waals surface area contributed by atoms with Crippen LogP contribution < -0.4 is 0 Å². The Bertz CT molecular complexity index is 8.00. The summed E-state index contributed by atoms with van der Waals surface area (Å²) in [5, 5.41) is 0. The topological polar surface area (TPSA) is 0 Å². The molecule has 0 spiro atoms. The van der Waals surface area contributed by atoms with Crippen LogP contribution in [-0.4, -0.2) is 11.0 Å². The molecule has 4 heavy (non-hydrogen) atoms. The molecule has 0 aromatic rings. The quantitative estimate of drug-likeness (QED) is 0.517. The summed E-state index contributed by atoms with van der Waals surface area (Å²) in [4.78, 5) is 0. The van der Waals surface area contributed by atoms with Crippen LogP contribution >= 0.6 is 0 Å². The predicted octanol–water partition coefficient (Wildman–Crippen LogP) is -0.388. The van der Waals surface area contributed by atoms with Gasteiger partial charge in [0.05, 0.1) is 0 Å². The van der Waals surface area contributed by atoms with E-state index in [2.05, 4.69) is 0 Å². The van der Waals surface area contributed by atoms with Gasteiger partial charge >= 0.3 is 0 Å². The van der Waals surface area contributed by atoms with Gasteiger partial charge < -0.3 is 0 Å². The third kappa shape index (κ3) is 8.92. The van der Waals surface area contributed by atoms with Crippen molar-refractivity contribution in [1.82, 2.24) is 0 Å². The fourth-order valence-corrected chi connectivity index (χ4v) is 0. The van der Waals surface area contributed by atoms with Gasteiger partial charge in [-0.15, -0.1) is 0 Å². The average molecular weight is 360 g/mol. The van der Waals surface area contributed by atoms with Gasteiger partial charge in [-0.3, -0.25) is 0 Å². The standard InChI is InChI=1S/Cr.Mo.Si.W. The van der Waals surface area contributed by atoms with Gasteiger partial charge in [0, 0.05) is 70.5 Å². The van der Waals surface area contributed by atoms with Crippen molar-refractivity contribution in [2.75, 3.05) is 0 Å². The molecule has 0 saturated heterocycles.